The highest BCUT2D eigenvalue weighted by Gasteiger charge is 2.22. The van der Waals surface area contributed by atoms with Crippen LogP contribution in [0.15, 0.2) is 46.9 Å². The zero-order valence-corrected chi connectivity index (χ0v) is 15.5. The third kappa shape index (κ3) is 2.70. The highest BCUT2D eigenvalue weighted by Crippen LogP contribution is 2.40. The SMILES string of the molecule is CC(C)CC1CCCc2c1ccc1c2ccc2cc(Br)ccc21. The number of halogens is 1. The highest BCUT2D eigenvalue weighted by molar-refractivity contribution is 9.10. The van der Waals surface area contributed by atoms with Crippen LogP contribution in [-0.2, 0) is 6.42 Å². The fourth-order valence-electron chi connectivity index (χ4n) is 4.35. The van der Waals surface area contributed by atoms with Gasteiger partial charge in [0, 0.05) is 4.47 Å². The molecule has 1 aliphatic rings. The molecule has 0 saturated carbocycles. The van der Waals surface area contributed by atoms with Crippen LogP contribution in [0.3, 0.4) is 0 Å². The van der Waals surface area contributed by atoms with Crippen molar-refractivity contribution >= 4 is 37.5 Å². The van der Waals surface area contributed by atoms with E-state index >= 15 is 0 Å². The highest BCUT2D eigenvalue weighted by atomic mass is 79.9. The minimum atomic E-state index is 0.753. The third-order valence-corrected chi connectivity index (χ3v) is 5.80. The Bertz CT molecular complexity index is 876. The second-order valence-electron chi connectivity index (χ2n) is 7.38. The minimum Gasteiger partial charge on any atom is -0.0628 e. The fraction of sp³-hybridized carbons (Fsp3) is 0.364. The van der Waals surface area contributed by atoms with Crippen LogP contribution in [0.25, 0.3) is 21.5 Å². The predicted molar refractivity (Wildman–Crippen MR) is 104 cm³/mol. The molecule has 118 valence electrons. The Morgan fingerprint density at radius 3 is 2.61 bits per heavy atom. The van der Waals surface area contributed by atoms with E-state index in [9.17, 15) is 0 Å². The average Bonchev–Trinajstić information content (AvgIpc) is 2.53. The van der Waals surface area contributed by atoms with Crippen LogP contribution in [0.4, 0.5) is 0 Å². The van der Waals surface area contributed by atoms with Gasteiger partial charge in [0.2, 0.25) is 0 Å². The first-order chi connectivity index (χ1) is 11.1. The summed E-state index contributed by atoms with van der Waals surface area (Å²) in [5.41, 5.74) is 3.23. The van der Waals surface area contributed by atoms with E-state index in [2.05, 4.69) is 72.2 Å². The molecule has 0 spiro atoms. The van der Waals surface area contributed by atoms with Gasteiger partial charge in [-0.25, -0.2) is 0 Å². The molecule has 0 aromatic heterocycles. The second kappa shape index (κ2) is 5.94. The molecular formula is C22H23Br. The minimum absolute atomic E-state index is 0.753. The van der Waals surface area contributed by atoms with Gasteiger partial charge in [-0.15, -0.1) is 0 Å². The Labute approximate surface area is 147 Å². The molecule has 1 aliphatic carbocycles. The molecule has 23 heavy (non-hydrogen) atoms. The van der Waals surface area contributed by atoms with E-state index in [1.165, 1.54) is 47.2 Å². The monoisotopic (exact) mass is 366 g/mol. The Morgan fingerprint density at radius 2 is 1.78 bits per heavy atom. The van der Waals surface area contributed by atoms with Gasteiger partial charge >= 0.3 is 0 Å². The Hall–Kier alpha value is -1.34. The van der Waals surface area contributed by atoms with Gasteiger partial charge in [0.25, 0.3) is 0 Å². The molecule has 1 atom stereocenters. The summed E-state index contributed by atoms with van der Waals surface area (Å²) in [6.45, 7) is 4.70. The zero-order chi connectivity index (χ0) is 16.0. The van der Waals surface area contributed by atoms with Gasteiger partial charge in [0.05, 0.1) is 0 Å². The van der Waals surface area contributed by atoms with Gasteiger partial charge < -0.3 is 0 Å². The van der Waals surface area contributed by atoms with Crippen molar-refractivity contribution in [3.8, 4) is 0 Å². The van der Waals surface area contributed by atoms with Crippen molar-refractivity contribution in [3.63, 3.8) is 0 Å². The number of rotatable bonds is 2. The maximum absolute atomic E-state index is 3.59. The molecule has 1 heteroatoms. The molecule has 3 aromatic rings. The van der Waals surface area contributed by atoms with Crippen molar-refractivity contribution in [1.82, 2.24) is 0 Å². The first-order valence-electron chi connectivity index (χ1n) is 8.77. The third-order valence-electron chi connectivity index (χ3n) is 5.30. The summed E-state index contributed by atoms with van der Waals surface area (Å²) in [5, 5.41) is 5.59. The Balaban J connectivity index is 1.93. The Morgan fingerprint density at radius 1 is 1.00 bits per heavy atom. The molecule has 0 fully saturated rings. The smallest absolute Gasteiger partial charge is 0.0181 e. The first-order valence-corrected chi connectivity index (χ1v) is 9.56. The second-order valence-corrected chi connectivity index (χ2v) is 8.29. The molecule has 0 heterocycles. The summed E-state index contributed by atoms with van der Waals surface area (Å²) in [6.07, 6.45) is 5.25. The van der Waals surface area contributed by atoms with Crippen LogP contribution in [0.5, 0.6) is 0 Å². The molecule has 0 bridgehead atoms. The van der Waals surface area contributed by atoms with Gasteiger partial charge in [-0.1, -0.05) is 60.1 Å². The largest absolute Gasteiger partial charge is 0.0628 e. The van der Waals surface area contributed by atoms with Crippen molar-refractivity contribution < 1.29 is 0 Å². The molecule has 0 amide bonds. The van der Waals surface area contributed by atoms with Gasteiger partial charge in [-0.2, -0.15) is 0 Å². The van der Waals surface area contributed by atoms with E-state index in [1.54, 1.807) is 11.1 Å². The van der Waals surface area contributed by atoms with E-state index < -0.39 is 0 Å². The molecule has 1 unspecified atom stereocenters. The van der Waals surface area contributed by atoms with E-state index in [1.807, 2.05) is 0 Å². The lowest BCUT2D eigenvalue weighted by Crippen LogP contribution is -2.12. The van der Waals surface area contributed by atoms with Crippen LogP contribution in [0, 0.1) is 5.92 Å². The number of fused-ring (bicyclic) bond motifs is 5. The van der Waals surface area contributed by atoms with Gasteiger partial charge in [-0.3, -0.25) is 0 Å². The van der Waals surface area contributed by atoms with Crippen molar-refractivity contribution in [2.75, 3.05) is 0 Å². The molecule has 0 N–H and O–H groups in total. The number of hydrogen-bond acceptors (Lipinski definition) is 0. The molecular weight excluding hydrogens is 344 g/mol. The van der Waals surface area contributed by atoms with E-state index in [0.29, 0.717) is 0 Å². The number of hydrogen-bond donors (Lipinski definition) is 0. The summed E-state index contributed by atoms with van der Waals surface area (Å²) in [5.74, 6) is 1.53. The van der Waals surface area contributed by atoms with E-state index in [4.69, 9.17) is 0 Å². The van der Waals surface area contributed by atoms with Gasteiger partial charge in [-0.05, 0) is 82.3 Å². The maximum atomic E-state index is 3.59. The van der Waals surface area contributed by atoms with Crippen molar-refractivity contribution in [3.05, 3.63) is 58.1 Å². The van der Waals surface area contributed by atoms with Crippen molar-refractivity contribution in [2.45, 2.75) is 45.4 Å². The topological polar surface area (TPSA) is 0 Å². The predicted octanol–water partition coefficient (Wildman–Crippen LogP) is 7.22. The van der Waals surface area contributed by atoms with Crippen LogP contribution < -0.4 is 0 Å². The number of benzene rings is 3. The normalized spacial score (nSPS) is 17.8. The standard InChI is InChI=1S/C22H23Br/c1-14(2)12-15-4-3-5-20-19(15)10-11-21-18-9-7-17(23)13-16(18)6-8-22(20)21/h6-11,13-15H,3-5,12H2,1-2H3. The summed E-state index contributed by atoms with van der Waals surface area (Å²) in [7, 11) is 0. The quantitative estimate of drug-likeness (QED) is 0.419. The molecule has 0 aliphatic heterocycles. The molecule has 3 aromatic carbocycles. The zero-order valence-electron chi connectivity index (χ0n) is 13.9. The average molecular weight is 367 g/mol. The lowest BCUT2D eigenvalue weighted by Gasteiger charge is -2.28. The van der Waals surface area contributed by atoms with Gasteiger partial charge in [0.15, 0.2) is 0 Å². The Kier molecular flexibility index (Phi) is 3.93. The summed E-state index contributed by atoms with van der Waals surface area (Å²) >= 11 is 3.59. The fourth-order valence-corrected chi connectivity index (χ4v) is 4.73. The lowest BCUT2D eigenvalue weighted by molar-refractivity contribution is 0.449. The van der Waals surface area contributed by atoms with Crippen LogP contribution >= 0.6 is 15.9 Å². The summed E-state index contributed by atoms with van der Waals surface area (Å²) in [4.78, 5) is 0. The van der Waals surface area contributed by atoms with Crippen LogP contribution in [0.2, 0.25) is 0 Å². The molecule has 0 radical (unpaired) electrons. The van der Waals surface area contributed by atoms with Gasteiger partial charge in [0.1, 0.15) is 0 Å². The van der Waals surface area contributed by atoms with E-state index in [-0.39, 0.29) is 0 Å². The molecule has 0 saturated heterocycles. The summed E-state index contributed by atoms with van der Waals surface area (Å²) in [6, 6.07) is 16.0. The van der Waals surface area contributed by atoms with Crippen LogP contribution in [0.1, 0.15) is 50.2 Å². The van der Waals surface area contributed by atoms with Crippen molar-refractivity contribution in [2.24, 2.45) is 5.92 Å². The lowest BCUT2D eigenvalue weighted by atomic mass is 9.77. The first kappa shape index (κ1) is 15.2. The summed E-state index contributed by atoms with van der Waals surface area (Å²) < 4.78 is 1.15. The van der Waals surface area contributed by atoms with E-state index in [0.717, 1.165) is 16.3 Å². The number of aryl methyl sites for hydroxylation is 1. The molecule has 4 rings (SSSR count). The van der Waals surface area contributed by atoms with Crippen LogP contribution in [-0.4, -0.2) is 0 Å². The van der Waals surface area contributed by atoms with Crippen molar-refractivity contribution in [1.29, 1.82) is 0 Å². The molecule has 0 nitrogen and oxygen atoms in total. The maximum Gasteiger partial charge on any atom is 0.0181 e.